The lowest BCUT2D eigenvalue weighted by atomic mass is 10.5. The summed E-state index contributed by atoms with van der Waals surface area (Å²) in [7, 11) is -1.97. The van der Waals surface area contributed by atoms with E-state index in [0.717, 1.165) is 11.3 Å². The van der Waals surface area contributed by atoms with E-state index in [9.17, 15) is 8.42 Å². The van der Waals surface area contributed by atoms with E-state index in [1.54, 1.807) is 7.11 Å². The molecule has 1 rings (SSSR count). The van der Waals surface area contributed by atoms with Crippen molar-refractivity contribution in [2.75, 3.05) is 33.5 Å². The van der Waals surface area contributed by atoms with E-state index in [1.807, 2.05) is 6.07 Å². The largest absolute Gasteiger partial charge is 0.382 e. The molecular weight excluding hydrogens is 276 g/mol. The van der Waals surface area contributed by atoms with Gasteiger partial charge in [-0.05, 0) is 12.1 Å². The summed E-state index contributed by atoms with van der Waals surface area (Å²) in [4.78, 5) is 0.367. The lowest BCUT2D eigenvalue weighted by Gasteiger charge is -2.05. The Labute approximate surface area is 110 Å². The van der Waals surface area contributed by atoms with Crippen molar-refractivity contribution in [3.8, 4) is 6.07 Å². The minimum absolute atomic E-state index is 0.135. The molecule has 0 unspecified atom stereocenters. The number of rotatable bonds is 8. The van der Waals surface area contributed by atoms with Crippen molar-refractivity contribution in [2.45, 2.75) is 4.21 Å². The zero-order chi connectivity index (χ0) is 13.4. The molecule has 0 saturated heterocycles. The zero-order valence-corrected chi connectivity index (χ0v) is 11.5. The second-order valence-corrected chi connectivity index (χ2v) is 6.31. The van der Waals surface area contributed by atoms with E-state index in [0.29, 0.717) is 18.1 Å². The van der Waals surface area contributed by atoms with Gasteiger partial charge in [-0.3, -0.25) is 0 Å². The second kappa shape index (κ2) is 7.45. The number of ether oxygens (including phenoxy) is 2. The molecule has 0 aromatic carbocycles. The molecule has 0 radical (unpaired) electrons. The van der Waals surface area contributed by atoms with Gasteiger partial charge in [0, 0.05) is 13.7 Å². The van der Waals surface area contributed by atoms with Crippen molar-refractivity contribution in [1.29, 1.82) is 5.26 Å². The van der Waals surface area contributed by atoms with Crippen molar-refractivity contribution >= 4 is 21.4 Å². The Morgan fingerprint density at radius 2 is 2.17 bits per heavy atom. The summed E-state index contributed by atoms with van der Waals surface area (Å²) in [6, 6.07) is 4.79. The van der Waals surface area contributed by atoms with Gasteiger partial charge in [0.2, 0.25) is 10.0 Å². The van der Waals surface area contributed by atoms with Gasteiger partial charge in [0.15, 0.2) is 0 Å². The second-order valence-electron chi connectivity index (χ2n) is 3.23. The molecular formula is C10H14N2O4S2. The predicted octanol–water partition coefficient (Wildman–Crippen LogP) is 0.561. The van der Waals surface area contributed by atoms with Gasteiger partial charge in [0.05, 0.1) is 19.8 Å². The third-order valence-corrected chi connectivity index (χ3v) is 4.87. The van der Waals surface area contributed by atoms with Crippen LogP contribution in [0.3, 0.4) is 0 Å². The minimum atomic E-state index is -3.54. The average Bonchev–Trinajstić information content (AvgIpc) is 2.83. The molecule has 1 aromatic heterocycles. The maximum Gasteiger partial charge on any atom is 0.250 e. The quantitative estimate of drug-likeness (QED) is 0.707. The van der Waals surface area contributed by atoms with Crippen LogP contribution in [0.5, 0.6) is 0 Å². The molecule has 18 heavy (non-hydrogen) atoms. The number of hydrogen-bond donors (Lipinski definition) is 1. The Morgan fingerprint density at radius 3 is 2.78 bits per heavy atom. The van der Waals surface area contributed by atoms with Crippen LogP contribution in [-0.4, -0.2) is 41.9 Å². The van der Waals surface area contributed by atoms with E-state index >= 15 is 0 Å². The molecule has 8 heteroatoms. The first kappa shape index (κ1) is 15.1. The highest BCUT2D eigenvalue weighted by atomic mass is 32.2. The number of methoxy groups -OCH3 is 1. The average molecular weight is 290 g/mol. The van der Waals surface area contributed by atoms with Crippen molar-refractivity contribution < 1.29 is 17.9 Å². The summed E-state index contributed by atoms with van der Waals surface area (Å²) in [6.45, 7) is 1.37. The van der Waals surface area contributed by atoms with Crippen LogP contribution in [0.1, 0.15) is 4.88 Å². The van der Waals surface area contributed by atoms with Crippen molar-refractivity contribution in [3.05, 3.63) is 17.0 Å². The standard InChI is InChI=1S/C10H14N2O4S2/c1-15-6-7-16-5-4-12-18(13,14)10-3-2-9(8-11)17-10/h2-3,12H,4-7H2,1H3. The van der Waals surface area contributed by atoms with Gasteiger partial charge in [0.25, 0.3) is 0 Å². The lowest BCUT2D eigenvalue weighted by Crippen LogP contribution is -2.27. The zero-order valence-electron chi connectivity index (χ0n) is 9.88. The maximum atomic E-state index is 11.8. The Balaban J connectivity index is 2.39. The summed E-state index contributed by atoms with van der Waals surface area (Å²) in [6.07, 6.45) is 0. The fourth-order valence-corrected chi connectivity index (χ4v) is 3.25. The minimum Gasteiger partial charge on any atom is -0.382 e. The van der Waals surface area contributed by atoms with Gasteiger partial charge < -0.3 is 9.47 Å². The van der Waals surface area contributed by atoms with Crippen LogP contribution in [-0.2, 0) is 19.5 Å². The van der Waals surface area contributed by atoms with E-state index in [4.69, 9.17) is 14.7 Å². The number of thiophene rings is 1. The summed E-state index contributed by atoms with van der Waals surface area (Å²) >= 11 is 0.939. The molecule has 6 nitrogen and oxygen atoms in total. The van der Waals surface area contributed by atoms with Gasteiger partial charge in [-0.2, -0.15) is 5.26 Å². The smallest absolute Gasteiger partial charge is 0.250 e. The van der Waals surface area contributed by atoms with E-state index in [-0.39, 0.29) is 17.4 Å². The van der Waals surface area contributed by atoms with Crippen molar-refractivity contribution in [3.63, 3.8) is 0 Å². The number of hydrogen-bond acceptors (Lipinski definition) is 6. The first-order valence-corrected chi connectivity index (χ1v) is 7.46. The van der Waals surface area contributed by atoms with E-state index in [2.05, 4.69) is 4.72 Å². The highest BCUT2D eigenvalue weighted by Crippen LogP contribution is 2.20. The highest BCUT2D eigenvalue weighted by Gasteiger charge is 2.15. The maximum absolute atomic E-state index is 11.8. The van der Waals surface area contributed by atoms with Gasteiger partial charge >= 0.3 is 0 Å². The van der Waals surface area contributed by atoms with Crippen LogP contribution >= 0.6 is 11.3 Å². The Hall–Kier alpha value is -0.980. The summed E-state index contributed by atoms with van der Waals surface area (Å²) in [5, 5.41) is 8.63. The third-order valence-electron chi connectivity index (χ3n) is 1.93. The SMILES string of the molecule is COCCOCCNS(=O)(=O)c1ccc(C#N)s1. The van der Waals surface area contributed by atoms with Crippen LogP contribution in [0.25, 0.3) is 0 Å². The first-order chi connectivity index (χ1) is 8.60. The molecule has 1 heterocycles. The molecule has 0 atom stereocenters. The third kappa shape index (κ3) is 4.72. The lowest BCUT2D eigenvalue weighted by molar-refractivity contribution is 0.0736. The van der Waals surface area contributed by atoms with Crippen LogP contribution < -0.4 is 4.72 Å². The molecule has 1 N–H and O–H groups in total. The summed E-state index contributed by atoms with van der Waals surface area (Å²) in [5.74, 6) is 0. The van der Waals surface area contributed by atoms with E-state index in [1.165, 1.54) is 12.1 Å². The predicted molar refractivity (Wildman–Crippen MR) is 66.9 cm³/mol. The van der Waals surface area contributed by atoms with Gasteiger partial charge in [-0.15, -0.1) is 11.3 Å². The Morgan fingerprint density at radius 1 is 1.39 bits per heavy atom. The molecule has 1 aromatic rings. The van der Waals surface area contributed by atoms with E-state index < -0.39 is 10.0 Å². The molecule has 0 spiro atoms. The fraction of sp³-hybridized carbons (Fsp3) is 0.500. The molecule has 100 valence electrons. The van der Waals surface area contributed by atoms with Crippen molar-refractivity contribution in [1.82, 2.24) is 4.72 Å². The molecule has 0 aliphatic heterocycles. The normalized spacial score (nSPS) is 11.3. The molecule has 0 bridgehead atoms. The monoisotopic (exact) mass is 290 g/mol. The summed E-state index contributed by atoms with van der Waals surface area (Å²) < 4.78 is 36.0. The molecule has 0 aliphatic rings. The van der Waals surface area contributed by atoms with Crippen LogP contribution in [0.2, 0.25) is 0 Å². The number of nitriles is 1. The molecule has 0 amide bonds. The molecule has 0 aliphatic carbocycles. The van der Waals surface area contributed by atoms with Crippen LogP contribution in [0.4, 0.5) is 0 Å². The van der Waals surface area contributed by atoms with Crippen molar-refractivity contribution in [2.24, 2.45) is 0 Å². The number of nitrogens with zero attached hydrogens (tertiary/aromatic N) is 1. The Kier molecular flexibility index (Phi) is 6.24. The summed E-state index contributed by atoms with van der Waals surface area (Å²) in [5.41, 5.74) is 0. The van der Waals surface area contributed by atoms with Crippen LogP contribution in [0, 0.1) is 11.3 Å². The van der Waals surface area contributed by atoms with Gasteiger partial charge in [-0.1, -0.05) is 0 Å². The first-order valence-electron chi connectivity index (χ1n) is 5.16. The molecule has 0 fully saturated rings. The topological polar surface area (TPSA) is 88.4 Å². The number of sulfonamides is 1. The molecule has 0 saturated carbocycles. The van der Waals surface area contributed by atoms with Gasteiger partial charge in [-0.25, -0.2) is 13.1 Å². The number of nitrogens with one attached hydrogen (secondary N) is 1. The van der Waals surface area contributed by atoms with Crippen LogP contribution in [0.15, 0.2) is 16.3 Å². The highest BCUT2D eigenvalue weighted by molar-refractivity contribution is 7.91. The Bertz CT molecular complexity index is 504. The fourth-order valence-electron chi connectivity index (χ4n) is 1.09. The van der Waals surface area contributed by atoms with Gasteiger partial charge in [0.1, 0.15) is 15.2 Å².